The molecule has 202 valence electrons. The number of rotatable bonds is 10. The number of hydrogen-bond donors (Lipinski definition) is 2. The molecule has 0 aliphatic rings. The van der Waals surface area contributed by atoms with Crippen molar-refractivity contribution in [2.45, 2.75) is 80.1 Å². The zero-order valence-corrected chi connectivity index (χ0v) is 24.3. The minimum absolute atomic E-state index is 0.209. The van der Waals surface area contributed by atoms with Crippen LogP contribution in [0, 0.1) is 11.8 Å². The first-order valence-electron chi connectivity index (χ1n) is 13.8. The number of nitrogens with zero attached hydrogens (tertiary/aromatic N) is 2. The van der Waals surface area contributed by atoms with Gasteiger partial charge in [-0.1, -0.05) is 79.7 Å². The fraction of sp³-hybridized carbons (Fsp3) is 0.412. The average Bonchev–Trinajstić information content (AvgIpc) is 2.83. The van der Waals surface area contributed by atoms with Gasteiger partial charge in [0.05, 0.1) is 11.4 Å². The van der Waals surface area contributed by atoms with Crippen molar-refractivity contribution in [1.29, 1.82) is 0 Å². The van der Waals surface area contributed by atoms with Crippen molar-refractivity contribution >= 4 is 23.8 Å². The molecule has 4 nitrogen and oxygen atoms in total. The quantitative estimate of drug-likeness (QED) is 0.266. The summed E-state index contributed by atoms with van der Waals surface area (Å²) in [4.78, 5) is 9.47. The van der Waals surface area contributed by atoms with E-state index in [9.17, 15) is 10.2 Å². The minimum Gasteiger partial charge on any atom is -0.507 e. The van der Waals surface area contributed by atoms with Crippen LogP contribution in [-0.4, -0.2) is 22.6 Å². The van der Waals surface area contributed by atoms with Gasteiger partial charge in [-0.05, 0) is 83.0 Å². The molecule has 0 heterocycles. The Balaban J connectivity index is 2.00. The highest BCUT2D eigenvalue weighted by molar-refractivity contribution is 5.90. The molecule has 4 heteroatoms. The van der Waals surface area contributed by atoms with Gasteiger partial charge in [0.15, 0.2) is 0 Å². The molecule has 0 spiro atoms. The Labute approximate surface area is 229 Å². The van der Waals surface area contributed by atoms with Crippen molar-refractivity contribution in [1.82, 2.24) is 0 Å². The molecule has 0 amide bonds. The van der Waals surface area contributed by atoms with Crippen molar-refractivity contribution in [3.8, 4) is 11.5 Å². The number of benzene rings is 3. The molecule has 0 saturated carbocycles. The molecule has 0 aliphatic heterocycles. The third kappa shape index (κ3) is 7.56. The van der Waals surface area contributed by atoms with Crippen molar-refractivity contribution < 1.29 is 10.2 Å². The predicted molar refractivity (Wildman–Crippen MR) is 162 cm³/mol. The van der Waals surface area contributed by atoms with Crippen LogP contribution in [0.2, 0.25) is 0 Å². The summed E-state index contributed by atoms with van der Waals surface area (Å²) in [7, 11) is 0. The number of phenolic OH excluding ortho intramolecular Hbond substituents is 2. The van der Waals surface area contributed by atoms with Crippen molar-refractivity contribution in [3.05, 3.63) is 81.9 Å². The average molecular weight is 513 g/mol. The molecule has 0 aliphatic carbocycles. The van der Waals surface area contributed by atoms with E-state index in [1.165, 1.54) is 11.1 Å². The number of hydrogen-bond acceptors (Lipinski definition) is 4. The van der Waals surface area contributed by atoms with Gasteiger partial charge < -0.3 is 10.2 Å². The van der Waals surface area contributed by atoms with E-state index in [0.29, 0.717) is 34.3 Å². The Morgan fingerprint density at radius 1 is 0.605 bits per heavy atom. The third-order valence-corrected chi connectivity index (χ3v) is 6.56. The van der Waals surface area contributed by atoms with E-state index in [1.54, 1.807) is 12.4 Å². The summed E-state index contributed by atoms with van der Waals surface area (Å²) < 4.78 is 0. The molecule has 0 aromatic heterocycles. The minimum atomic E-state index is 0.209. The second kappa shape index (κ2) is 12.9. The molecule has 3 rings (SSSR count). The Kier molecular flexibility index (Phi) is 9.90. The monoisotopic (exact) mass is 512 g/mol. The lowest BCUT2D eigenvalue weighted by atomic mass is 9.93. The van der Waals surface area contributed by atoms with Crippen LogP contribution < -0.4 is 0 Å². The molecule has 0 atom stereocenters. The molecule has 3 aromatic rings. The number of phenols is 2. The van der Waals surface area contributed by atoms with E-state index in [2.05, 4.69) is 67.5 Å². The summed E-state index contributed by atoms with van der Waals surface area (Å²) in [5, 5.41) is 21.9. The molecule has 0 unspecified atom stereocenters. The van der Waals surface area contributed by atoms with Gasteiger partial charge in [0.1, 0.15) is 11.5 Å². The highest BCUT2D eigenvalue weighted by atomic mass is 16.3. The molecule has 3 aromatic carbocycles. The normalized spacial score (nSPS) is 12.3. The van der Waals surface area contributed by atoms with Crippen molar-refractivity contribution in [2.24, 2.45) is 21.8 Å². The van der Waals surface area contributed by atoms with Gasteiger partial charge >= 0.3 is 0 Å². The first kappa shape index (κ1) is 29.2. The van der Waals surface area contributed by atoms with Gasteiger partial charge in [-0.15, -0.1) is 0 Å². The number of aliphatic imine (C=N–C) groups is 2. The van der Waals surface area contributed by atoms with Gasteiger partial charge in [-0.2, -0.15) is 0 Å². The Hall–Kier alpha value is -3.40. The van der Waals surface area contributed by atoms with Crippen LogP contribution in [-0.2, 0) is 12.8 Å². The second-order valence-corrected chi connectivity index (χ2v) is 11.8. The molecule has 0 bridgehead atoms. The summed E-state index contributed by atoms with van der Waals surface area (Å²) in [5.74, 6) is 2.02. The molecular weight excluding hydrogens is 468 g/mol. The van der Waals surface area contributed by atoms with Gasteiger partial charge in [0.25, 0.3) is 0 Å². The first-order chi connectivity index (χ1) is 18.0. The maximum absolute atomic E-state index is 11.0. The highest BCUT2D eigenvalue weighted by Crippen LogP contribution is 2.34. The summed E-state index contributed by atoms with van der Waals surface area (Å²) in [5.41, 5.74) is 7.11. The van der Waals surface area contributed by atoms with Crippen LogP contribution in [0.25, 0.3) is 0 Å². The zero-order chi connectivity index (χ0) is 28.0. The van der Waals surface area contributed by atoms with E-state index < -0.39 is 0 Å². The largest absolute Gasteiger partial charge is 0.507 e. The Morgan fingerprint density at radius 3 is 1.29 bits per heavy atom. The van der Waals surface area contributed by atoms with E-state index in [4.69, 9.17) is 9.98 Å². The van der Waals surface area contributed by atoms with E-state index in [-0.39, 0.29) is 23.3 Å². The maximum Gasteiger partial charge on any atom is 0.127 e. The highest BCUT2D eigenvalue weighted by Gasteiger charge is 2.14. The lowest BCUT2D eigenvalue weighted by Crippen LogP contribution is -2.00. The van der Waals surface area contributed by atoms with Gasteiger partial charge in [-0.3, -0.25) is 9.98 Å². The van der Waals surface area contributed by atoms with Crippen LogP contribution in [0.3, 0.4) is 0 Å². The van der Waals surface area contributed by atoms with Crippen LogP contribution >= 0.6 is 0 Å². The van der Waals surface area contributed by atoms with Crippen molar-refractivity contribution in [2.75, 3.05) is 0 Å². The lowest BCUT2D eigenvalue weighted by Gasteiger charge is -2.15. The lowest BCUT2D eigenvalue weighted by molar-refractivity contribution is 0.463. The van der Waals surface area contributed by atoms with E-state index in [1.807, 2.05) is 36.4 Å². The molecule has 0 fully saturated rings. The van der Waals surface area contributed by atoms with Crippen LogP contribution in [0.5, 0.6) is 11.5 Å². The van der Waals surface area contributed by atoms with E-state index >= 15 is 0 Å². The third-order valence-electron chi connectivity index (χ3n) is 6.56. The fourth-order valence-corrected chi connectivity index (χ4v) is 4.71. The molecule has 0 saturated heterocycles. The number of para-hydroxylation sites is 2. The summed E-state index contributed by atoms with van der Waals surface area (Å²) in [6, 6.07) is 16.0. The van der Waals surface area contributed by atoms with Gasteiger partial charge in [0, 0.05) is 23.6 Å². The van der Waals surface area contributed by atoms with Crippen LogP contribution in [0.15, 0.2) is 58.5 Å². The van der Waals surface area contributed by atoms with Gasteiger partial charge in [0.2, 0.25) is 0 Å². The second-order valence-electron chi connectivity index (χ2n) is 11.8. The van der Waals surface area contributed by atoms with Crippen LogP contribution in [0.4, 0.5) is 11.4 Å². The van der Waals surface area contributed by atoms with E-state index in [0.717, 1.165) is 24.0 Å². The maximum atomic E-state index is 11.0. The molecule has 38 heavy (non-hydrogen) atoms. The topological polar surface area (TPSA) is 65.2 Å². The predicted octanol–water partition coefficient (Wildman–Crippen LogP) is 9.24. The van der Waals surface area contributed by atoms with Crippen LogP contribution in [0.1, 0.15) is 101 Å². The molecule has 2 N–H and O–H groups in total. The van der Waals surface area contributed by atoms with Crippen molar-refractivity contribution in [3.63, 3.8) is 0 Å². The summed E-state index contributed by atoms with van der Waals surface area (Å²) >= 11 is 0. The number of aromatic hydroxyl groups is 2. The smallest absolute Gasteiger partial charge is 0.127 e. The summed E-state index contributed by atoms with van der Waals surface area (Å²) in [6.45, 7) is 17.2. The summed E-state index contributed by atoms with van der Waals surface area (Å²) in [6.07, 6.45) is 5.35. The zero-order valence-electron chi connectivity index (χ0n) is 24.3. The first-order valence-corrected chi connectivity index (χ1v) is 13.8. The Bertz CT molecular complexity index is 1200. The van der Waals surface area contributed by atoms with Gasteiger partial charge in [-0.25, -0.2) is 0 Å². The molecule has 0 radical (unpaired) electrons. The SMILES string of the molecule is CC(C)Cc1cc(C=Nc2ccccc2N=Cc2cc(CC(C)C)cc(C(C)C)c2O)c(O)c(C(C)C)c1. The Morgan fingerprint density at radius 2 is 0.974 bits per heavy atom. The molecular formula is C34H44N2O2. The standard InChI is InChI=1S/C34H44N2O2/c1-21(2)13-25-15-27(33(37)29(17-25)23(5)6)19-35-31-11-9-10-12-32(31)36-20-28-16-26(14-22(3)4)18-30(24(7)8)34(28)38/h9-12,15-24,37-38H,13-14H2,1-8H3. The fourth-order valence-electron chi connectivity index (χ4n) is 4.71.